The van der Waals surface area contributed by atoms with Crippen LogP contribution in [0, 0.1) is 10.8 Å². The topological polar surface area (TPSA) is 112 Å². The second-order valence-corrected chi connectivity index (χ2v) is 4.10. The van der Waals surface area contributed by atoms with Crippen LogP contribution in [0.15, 0.2) is 36.4 Å². The Kier molecular flexibility index (Phi) is 9.12. The molecule has 0 aliphatic heterocycles. The first-order chi connectivity index (χ1) is 10.5. The first-order valence-electron chi connectivity index (χ1n) is 6.26. The van der Waals surface area contributed by atoms with Crippen LogP contribution in [0.4, 0.5) is 0 Å². The minimum absolute atomic E-state index is 0. The zero-order valence-electron chi connectivity index (χ0n) is 12.6. The summed E-state index contributed by atoms with van der Waals surface area (Å²) in [7, 11) is 3.00. The molecule has 2 N–H and O–H groups in total. The largest absolute Gasteiger partial charge is 2.00 e. The first kappa shape index (κ1) is 20.5. The molecule has 6 nitrogen and oxygen atoms in total. The summed E-state index contributed by atoms with van der Waals surface area (Å²) in [6.07, 6.45) is 2.06. The molecule has 0 heterocycles. The van der Waals surface area contributed by atoms with Crippen molar-refractivity contribution in [2.45, 2.75) is 0 Å². The third-order valence-electron chi connectivity index (χ3n) is 2.75. The van der Waals surface area contributed by atoms with E-state index < -0.39 is 0 Å². The fraction of sp³-hybridized carbons (Fsp3) is 0.125. The fourth-order valence-corrected chi connectivity index (χ4v) is 1.52. The van der Waals surface area contributed by atoms with Gasteiger partial charge in [0, 0.05) is 12.4 Å². The van der Waals surface area contributed by atoms with E-state index in [2.05, 4.69) is 0 Å². The molecule has 23 heavy (non-hydrogen) atoms. The molecule has 0 saturated heterocycles. The van der Waals surface area contributed by atoms with Gasteiger partial charge in [0.25, 0.3) is 0 Å². The van der Waals surface area contributed by atoms with Gasteiger partial charge < -0.3 is 30.5 Å². The molecule has 0 fully saturated rings. The number of hydrogen-bond acceptors (Lipinski definition) is 6. The molecule has 0 saturated carbocycles. The van der Waals surface area contributed by atoms with Gasteiger partial charge in [-0.3, -0.25) is 0 Å². The molecule has 2 aromatic carbocycles. The Morgan fingerprint density at radius 3 is 1.35 bits per heavy atom. The fourth-order valence-electron chi connectivity index (χ4n) is 1.52. The number of benzene rings is 2. The summed E-state index contributed by atoms with van der Waals surface area (Å²) in [4.78, 5) is 0. The Labute approximate surface area is 144 Å². The standard InChI is InChI=1S/2C8H9NO2.Ni/c2*1-11-7-3-2-6(5-9)8(10)4-7;/h2*2-5,9-10H,1H3;/q;;+2/p-2. The molecule has 0 bridgehead atoms. The summed E-state index contributed by atoms with van der Waals surface area (Å²) in [6, 6.07) is 9.16. The summed E-state index contributed by atoms with van der Waals surface area (Å²) < 4.78 is 9.64. The van der Waals surface area contributed by atoms with Gasteiger partial charge in [-0.25, -0.2) is 0 Å². The molecule has 0 unspecified atom stereocenters. The predicted octanol–water partition coefficient (Wildman–Crippen LogP) is 1.53. The second-order valence-electron chi connectivity index (χ2n) is 4.10. The molecule has 0 amide bonds. The van der Waals surface area contributed by atoms with Gasteiger partial charge in [-0.05, 0) is 35.4 Å². The van der Waals surface area contributed by atoms with E-state index >= 15 is 0 Å². The van der Waals surface area contributed by atoms with Crippen molar-refractivity contribution in [3.05, 3.63) is 47.5 Å². The van der Waals surface area contributed by atoms with Crippen molar-refractivity contribution >= 4 is 12.4 Å². The predicted molar refractivity (Wildman–Crippen MR) is 80.7 cm³/mol. The normalized spacial score (nSPS) is 8.78. The maximum Gasteiger partial charge on any atom is 2.00 e. The Hall–Kier alpha value is -2.53. The minimum atomic E-state index is -0.181. The molecule has 2 rings (SSSR count). The van der Waals surface area contributed by atoms with Crippen LogP contribution in [0.25, 0.3) is 0 Å². The molecule has 7 heteroatoms. The monoisotopic (exact) mass is 358 g/mol. The van der Waals surface area contributed by atoms with Crippen molar-refractivity contribution in [2.75, 3.05) is 14.2 Å². The van der Waals surface area contributed by atoms with E-state index in [9.17, 15) is 10.2 Å². The van der Waals surface area contributed by atoms with E-state index in [0.717, 1.165) is 12.4 Å². The van der Waals surface area contributed by atoms with Gasteiger partial charge in [0.05, 0.1) is 14.2 Å². The number of rotatable bonds is 4. The molecule has 2 aromatic rings. The summed E-state index contributed by atoms with van der Waals surface area (Å²) >= 11 is 0. The van der Waals surface area contributed by atoms with E-state index in [1.54, 1.807) is 24.3 Å². The molecule has 0 aromatic heterocycles. The van der Waals surface area contributed by atoms with Gasteiger partial charge >= 0.3 is 16.5 Å². The smallest absolute Gasteiger partial charge is 0.872 e. The Bertz CT molecular complexity index is 605. The number of hydrogen-bond donors (Lipinski definition) is 2. The number of methoxy groups -OCH3 is 2. The average molecular weight is 359 g/mol. The van der Waals surface area contributed by atoms with Crippen LogP contribution in [0.3, 0.4) is 0 Å². The minimum Gasteiger partial charge on any atom is -0.872 e. The Morgan fingerprint density at radius 2 is 1.13 bits per heavy atom. The quantitative estimate of drug-likeness (QED) is 0.637. The number of ether oxygens (including phenoxy) is 2. The average Bonchev–Trinajstić information content (AvgIpc) is 2.55. The molecule has 0 aliphatic carbocycles. The van der Waals surface area contributed by atoms with Crippen LogP contribution in [-0.2, 0) is 16.5 Å². The van der Waals surface area contributed by atoms with Gasteiger partial charge in [0.1, 0.15) is 11.5 Å². The Balaban J connectivity index is 0.000000403. The van der Waals surface area contributed by atoms with Gasteiger partial charge in [0.2, 0.25) is 0 Å². The molecule has 0 radical (unpaired) electrons. The van der Waals surface area contributed by atoms with Crippen molar-refractivity contribution < 1.29 is 36.2 Å². The van der Waals surface area contributed by atoms with Crippen molar-refractivity contribution in [1.29, 1.82) is 10.8 Å². The van der Waals surface area contributed by atoms with E-state index in [-0.39, 0.29) is 28.0 Å². The molecule has 0 spiro atoms. The van der Waals surface area contributed by atoms with E-state index in [1.165, 1.54) is 26.4 Å². The van der Waals surface area contributed by atoms with E-state index in [1.807, 2.05) is 0 Å². The molecule has 0 aliphatic rings. The zero-order chi connectivity index (χ0) is 16.5. The Morgan fingerprint density at radius 1 is 0.783 bits per heavy atom. The molecule has 124 valence electrons. The zero-order valence-corrected chi connectivity index (χ0v) is 13.6. The van der Waals surface area contributed by atoms with Crippen LogP contribution in [0.1, 0.15) is 11.1 Å². The van der Waals surface area contributed by atoms with Crippen molar-refractivity contribution in [3.8, 4) is 23.0 Å². The number of nitrogens with one attached hydrogen (secondary N) is 2. The van der Waals surface area contributed by atoms with Crippen LogP contribution < -0.4 is 19.7 Å². The van der Waals surface area contributed by atoms with Crippen LogP contribution >= 0.6 is 0 Å². The van der Waals surface area contributed by atoms with Gasteiger partial charge in [-0.15, -0.1) is 0 Å². The van der Waals surface area contributed by atoms with Crippen LogP contribution in [0.2, 0.25) is 0 Å². The summed E-state index contributed by atoms with van der Waals surface area (Å²) in [6.45, 7) is 0. The van der Waals surface area contributed by atoms with E-state index in [4.69, 9.17) is 20.3 Å². The van der Waals surface area contributed by atoms with Crippen molar-refractivity contribution in [2.24, 2.45) is 0 Å². The summed E-state index contributed by atoms with van der Waals surface area (Å²) in [5.74, 6) is 0.694. The summed E-state index contributed by atoms with van der Waals surface area (Å²) in [5, 5.41) is 35.7. The molecule has 0 atom stereocenters. The van der Waals surface area contributed by atoms with Gasteiger partial charge in [-0.2, -0.15) is 0 Å². The van der Waals surface area contributed by atoms with E-state index in [0.29, 0.717) is 22.6 Å². The second kappa shape index (κ2) is 10.2. The van der Waals surface area contributed by atoms with Crippen LogP contribution in [-0.4, -0.2) is 26.6 Å². The van der Waals surface area contributed by atoms with Crippen molar-refractivity contribution in [3.63, 3.8) is 0 Å². The first-order valence-corrected chi connectivity index (χ1v) is 6.26. The van der Waals surface area contributed by atoms with Gasteiger partial charge in [-0.1, -0.05) is 23.6 Å². The van der Waals surface area contributed by atoms with Crippen LogP contribution in [0.5, 0.6) is 23.0 Å². The van der Waals surface area contributed by atoms with Crippen molar-refractivity contribution in [1.82, 2.24) is 0 Å². The maximum absolute atomic E-state index is 11.0. The maximum atomic E-state index is 11.0. The molecular weight excluding hydrogens is 343 g/mol. The molecular formula is C16H16N2NiO4. The summed E-state index contributed by atoms with van der Waals surface area (Å²) in [5.41, 5.74) is 0.761. The SMILES string of the molecule is COc1ccc(C=N)c([O-])c1.COc1ccc(C=N)c([O-])c1.[Ni+2]. The third kappa shape index (κ3) is 6.00. The van der Waals surface area contributed by atoms with Gasteiger partial charge in [0.15, 0.2) is 0 Å². The third-order valence-corrected chi connectivity index (χ3v) is 2.75.